The molecule has 2 aromatic rings. The topological polar surface area (TPSA) is 42.1 Å². The lowest BCUT2D eigenvalue weighted by molar-refractivity contribution is 0.315. The zero-order chi connectivity index (χ0) is 13.7. The number of hydrogen-bond donors (Lipinski definition) is 1. The number of aryl methyl sites for hydroxylation is 1. The van der Waals surface area contributed by atoms with Crippen molar-refractivity contribution in [3.05, 3.63) is 65.0 Å². The van der Waals surface area contributed by atoms with Crippen LogP contribution in [-0.4, -0.2) is 16.9 Å². The van der Waals surface area contributed by atoms with Gasteiger partial charge in [-0.3, -0.25) is 9.88 Å². The van der Waals surface area contributed by atoms with Gasteiger partial charge >= 0.3 is 0 Å². The van der Waals surface area contributed by atoms with E-state index >= 15 is 0 Å². The summed E-state index contributed by atoms with van der Waals surface area (Å²) in [5.74, 6) is 0. The molecule has 0 aliphatic rings. The first-order chi connectivity index (χ1) is 9.17. The summed E-state index contributed by atoms with van der Waals surface area (Å²) >= 11 is 0. The van der Waals surface area contributed by atoms with E-state index in [0.717, 1.165) is 24.5 Å². The molecule has 0 amide bonds. The molecule has 0 saturated carbocycles. The molecule has 0 atom stereocenters. The van der Waals surface area contributed by atoms with Crippen LogP contribution >= 0.6 is 0 Å². The molecule has 0 aliphatic carbocycles. The second-order valence-electron chi connectivity index (χ2n) is 4.96. The van der Waals surface area contributed by atoms with Crippen LogP contribution in [0.2, 0.25) is 0 Å². The lowest BCUT2D eigenvalue weighted by Gasteiger charge is -2.16. The Balaban J connectivity index is 1.95. The van der Waals surface area contributed by atoms with E-state index in [1.165, 1.54) is 11.1 Å². The average molecular weight is 255 g/mol. The molecule has 3 heteroatoms. The van der Waals surface area contributed by atoms with E-state index in [-0.39, 0.29) is 0 Å². The van der Waals surface area contributed by atoms with Crippen LogP contribution in [0.15, 0.2) is 42.5 Å². The van der Waals surface area contributed by atoms with Crippen LogP contribution in [0.25, 0.3) is 0 Å². The van der Waals surface area contributed by atoms with Gasteiger partial charge in [0.2, 0.25) is 0 Å². The molecule has 3 nitrogen and oxygen atoms in total. The van der Waals surface area contributed by atoms with E-state index < -0.39 is 0 Å². The summed E-state index contributed by atoms with van der Waals surface area (Å²) in [5.41, 5.74) is 10.3. The highest BCUT2D eigenvalue weighted by molar-refractivity contribution is 5.22. The molecule has 0 aliphatic heterocycles. The number of nitrogens with zero attached hydrogens (tertiary/aromatic N) is 2. The fourth-order valence-electron chi connectivity index (χ4n) is 2.11. The van der Waals surface area contributed by atoms with Crippen molar-refractivity contribution in [2.45, 2.75) is 26.6 Å². The number of nitrogens with two attached hydrogens (primary N) is 1. The molecule has 1 aromatic carbocycles. The minimum atomic E-state index is 0.601. The van der Waals surface area contributed by atoms with Crippen molar-refractivity contribution in [2.75, 3.05) is 7.05 Å². The molecule has 2 N–H and O–H groups in total. The maximum absolute atomic E-state index is 5.60. The Morgan fingerprint density at radius 2 is 1.68 bits per heavy atom. The molecular formula is C16H21N3. The van der Waals surface area contributed by atoms with Crippen molar-refractivity contribution in [2.24, 2.45) is 5.73 Å². The molecule has 1 aromatic heterocycles. The molecule has 100 valence electrons. The van der Waals surface area contributed by atoms with Crippen LogP contribution < -0.4 is 5.73 Å². The summed E-state index contributed by atoms with van der Waals surface area (Å²) in [6.45, 7) is 4.40. The molecule has 0 unspecified atom stereocenters. The quantitative estimate of drug-likeness (QED) is 0.892. The molecule has 1 heterocycles. The normalized spacial score (nSPS) is 10.9. The number of aromatic nitrogens is 1. The Labute approximate surface area is 115 Å². The molecular weight excluding hydrogens is 234 g/mol. The van der Waals surface area contributed by atoms with Gasteiger partial charge in [-0.1, -0.05) is 30.3 Å². The highest BCUT2D eigenvalue weighted by Crippen LogP contribution is 2.09. The summed E-state index contributed by atoms with van der Waals surface area (Å²) in [5, 5.41) is 0. The van der Waals surface area contributed by atoms with E-state index in [2.05, 4.69) is 53.3 Å². The van der Waals surface area contributed by atoms with Crippen molar-refractivity contribution in [1.82, 2.24) is 9.88 Å². The van der Waals surface area contributed by atoms with Gasteiger partial charge in [0.05, 0.1) is 5.69 Å². The SMILES string of the molecule is Cc1cccc(CN(C)Cc2ccc(CN)cc2)n1. The first kappa shape index (κ1) is 13.7. The first-order valence-corrected chi connectivity index (χ1v) is 6.56. The molecule has 0 saturated heterocycles. The maximum Gasteiger partial charge on any atom is 0.0547 e. The van der Waals surface area contributed by atoms with Crippen molar-refractivity contribution in [1.29, 1.82) is 0 Å². The monoisotopic (exact) mass is 255 g/mol. The van der Waals surface area contributed by atoms with Crippen molar-refractivity contribution < 1.29 is 0 Å². The zero-order valence-corrected chi connectivity index (χ0v) is 11.6. The van der Waals surface area contributed by atoms with Crippen LogP contribution in [-0.2, 0) is 19.6 Å². The first-order valence-electron chi connectivity index (χ1n) is 6.56. The second-order valence-corrected chi connectivity index (χ2v) is 4.96. The van der Waals surface area contributed by atoms with E-state index in [0.29, 0.717) is 6.54 Å². The molecule has 19 heavy (non-hydrogen) atoms. The van der Waals surface area contributed by atoms with E-state index in [4.69, 9.17) is 5.73 Å². The third-order valence-corrected chi connectivity index (χ3v) is 3.09. The summed E-state index contributed by atoms with van der Waals surface area (Å²) in [7, 11) is 2.11. The third-order valence-electron chi connectivity index (χ3n) is 3.09. The number of rotatable bonds is 5. The fourth-order valence-corrected chi connectivity index (χ4v) is 2.11. The Hall–Kier alpha value is -1.71. The van der Waals surface area contributed by atoms with Crippen LogP contribution in [0.4, 0.5) is 0 Å². The molecule has 0 radical (unpaired) electrons. The van der Waals surface area contributed by atoms with E-state index in [1.807, 2.05) is 13.0 Å². The number of hydrogen-bond acceptors (Lipinski definition) is 3. The van der Waals surface area contributed by atoms with Crippen molar-refractivity contribution in [3.63, 3.8) is 0 Å². The van der Waals surface area contributed by atoms with E-state index in [9.17, 15) is 0 Å². The third kappa shape index (κ3) is 4.16. The summed E-state index contributed by atoms with van der Waals surface area (Å²) < 4.78 is 0. The molecule has 0 spiro atoms. The largest absolute Gasteiger partial charge is 0.326 e. The standard InChI is InChI=1S/C16H21N3/c1-13-4-3-5-16(18-13)12-19(2)11-15-8-6-14(10-17)7-9-15/h3-9H,10-12,17H2,1-2H3. The van der Waals surface area contributed by atoms with Gasteiger partial charge in [0, 0.05) is 25.3 Å². The van der Waals surface area contributed by atoms with Gasteiger partial charge < -0.3 is 5.73 Å². The lowest BCUT2D eigenvalue weighted by atomic mass is 10.1. The molecule has 0 bridgehead atoms. The van der Waals surface area contributed by atoms with Crippen molar-refractivity contribution in [3.8, 4) is 0 Å². The molecule has 2 rings (SSSR count). The van der Waals surface area contributed by atoms with Gasteiger partial charge in [0.25, 0.3) is 0 Å². The Kier molecular flexibility index (Phi) is 4.66. The Morgan fingerprint density at radius 3 is 2.32 bits per heavy atom. The average Bonchev–Trinajstić information content (AvgIpc) is 2.39. The van der Waals surface area contributed by atoms with Gasteiger partial charge in [-0.2, -0.15) is 0 Å². The van der Waals surface area contributed by atoms with Crippen LogP contribution in [0, 0.1) is 6.92 Å². The highest BCUT2D eigenvalue weighted by atomic mass is 15.1. The zero-order valence-electron chi connectivity index (χ0n) is 11.6. The Morgan fingerprint density at radius 1 is 1.00 bits per heavy atom. The molecule has 0 fully saturated rings. The van der Waals surface area contributed by atoms with Crippen molar-refractivity contribution >= 4 is 0 Å². The van der Waals surface area contributed by atoms with Gasteiger partial charge in [0.15, 0.2) is 0 Å². The Bertz CT molecular complexity index is 520. The van der Waals surface area contributed by atoms with Gasteiger partial charge in [0.1, 0.15) is 0 Å². The maximum atomic E-state index is 5.60. The number of pyridine rings is 1. The minimum absolute atomic E-state index is 0.601. The van der Waals surface area contributed by atoms with Gasteiger partial charge in [-0.05, 0) is 37.2 Å². The summed E-state index contributed by atoms with van der Waals surface area (Å²) in [4.78, 5) is 6.79. The minimum Gasteiger partial charge on any atom is -0.326 e. The summed E-state index contributed by atoms with van der Waals surface area (Å²) in [6.07, 6.45) is 0. The van der Waals surface area contributed by atoms with Crippen LogP contribution in [0.1, 0.15) is 22.5 Å². The van der Waals surface area contributed by atoms with Gasteiger partial charge in [-0.15, -0.1) is 0 Å². The lowest BCUT2D eigenvalue weighted by Crippen LogP contribution is -2.18. The van der Waals surface area contributed by atoms with Crippen LogP contribution in [0.3, 0.4) is 0 Å². The highest BCUT2D eigenvalue weighted by Gasteiger charge is 2.03. The second kappa shape index (κ2) is 6.45. The smallest absolute Gasteiger partial charge is 0.0547 e. The summed E-state index contributed by atoms with van der Waals surface area (Å²) in [6, 6.07) is 14.6. The van der Waals surface area contributed by atoms with Crippen LogP contribution in [0.5, 0.6) is 0 Å². The predicted molar refractivity (Wildman–Crippen MR) is 78.5 cm³/mol. The number of benzene rings is 1. The predicted octanol–water partition coefficient (Wildman–Crippen LogP) is 2.48. The van der Waals surface area contributed by atoms with E-state index in [1.54, 1.807) is 0 Å². The van der Waals surface area contributed by atoms with Gasteiger partial charge in [-0.25, -0.2) is 0 Å². The fraction of sp³-hybridized carbons (Fsp3) is 0.312.